The van der Waals surface area contributed by atoms with E-state index >= 15 is 0 Å². The summed E-state index contributed by atoms with van der Waals surface area (Å²) in [6.07, 6.45) is 0. The van der Waals surface area contributed by atoms with E-state index in [-0.39, 0.29) is 0 Å². The van der Waals surface area contributed by atoms with Gasteiger partial charge in [0.2, 0.25) is 0 Å². The first-order chi connectivity index (χ1) is 7.50. The highest BCUT2D eigenvalue weighted by molar-refractivity contribution is 9.10. The Balaban J connectivity index is 2.40. The molecule has 0 aliphatic heterocycles. The third kappa shape index (κ3) is 4.26. The van der Waals surface area contributed by atoms with Crippen molar-refractivity contribution in [2.24, 2.45) is 11.8 Å². The predicted molar refractivity (Wildman–Crippen MR) is 74.6 cm³/mol. The highest BCUT2D eigenvalue weighted by Gasteiger charge is 2.06. The molecule has 2 heteroatoms. The second kappa shape index (κ2) is 6.41. The minimum absolute atomic E-state index is 0.733. The zero-order valence-corrected chi connectivity index (χ0v) is 12.3. The van der Waals surface area contributed by atoms with Crippen LogP contribution in [0.2, 0.25) is 0 Å². The summed E-state index contributed by atoms with van der Waals surface area (Å²) >= 11 is 3.52. The fourth-order valence-electron chi connectivity index (χ4n) is 1.50. The molecule has 0 amide bonds. The smallest absolute Gasteiger partial charge is 0.0205 e. The van der Waals surface area contributed by atoms with Crippen LogP contribution in [0.5, 0.6) is 0 Å². The fourth-order valence-corrected chi connectivity index (χ4v) is 1.74. The normalized spacial score (nSPS) is 13.1. The van der Waals surface area contributed by atoms with E-state index in [4.69, 9.17) is 0 Å². The van der Waals surface area contributed by atoms with Crippen molar-refractivity contribution in [3.63, 3.8) is 0 Å². The zero-order valence-electron chi connectivity index (χ0n) is 10.7. The molecule has 90 valence electrons. The molecule has 0 bridgehead atoms. The standard InChI is InChI=1S/C14H22BrN/c1-10(2)12(4)8-16-9-13-5-6-14(15)11(3)7-13/h5-7,10,12,16H,8-9H2,1-4H3. The van der Waals surface area contributed by atoms with Gasteiger partial charge in [0.1, 0.15) is 0 Å². The first-order valence-electron chi connectivity index (χ1n) is 5.96. The molecule has 1 aromatic carbocycles. The molecular formula is C14H22BrN. The Bertz CT molecular complexity index is 334. The van der Waals surface area contributed by atoms with Crippen LogP contribution in [0.3, 0.4) is 0 Å². The van der Waals surface area contributed by atoms with Gasteiger partial charge in [-0.15, -0.1) is 0 Å². The second-order valence-corrected chi connectivity index (χ2v) is 5.79. The lowest BCUT2D eigenvalue weighted by Crippen LogP contribution is -2.23. The molecular weight excluding hydrogens is 262 g/mol. The molecule has 0 heterocycles. The highest BCUT2D eigenvalue weighted by Crippen LogP contribution is 2.17. The molecule has 0 saturated carbocycles. The van der Waals surface area contributed by atoms with Gasteiger partial charge in [-0.3, -0.25) is 0 Å². The zero-order chi connectivity index (χ0) is 12.1. The van der Waals surface area contributed by atoms with Gasteiger partial charge in [-0.05, 0) is 42.5 Å². The minimum Gasteiger partial charge on any atom is -0.312 e. The Hall–Kier alpha value is -0.340. The summed E-state index contributed by atoms with van der Waals surface area (Å²) in [6.45, 7) is 11.0. The number of nitrogens with one attached hydrogen (secondary N) is 1. The molecule has 0 spiro atoms. The van der Waals surface area contributed by atoms with Gasteiger partial charge in [-0.25, -0.2) is 0 Å². The number of hydrogen-bond acceptors (Lipinski definition) is 1. The van der Waals surface area contributed by atoms with E-state index in [0.29, 0.717) is 0 Å². The summed E-state index contributed by atoms with van der Waals surface area (Å²) in [7, 11) is 0. The van der Waals surface area contributed by atoms with E-state index in [1.807, 2.05) is 0 Å². The maximum Gasteiger partial charge on any atom is 0.0205 e. The van der Waals surface area contributed by atoms with Crippen LogP contribution in [0.15, 0.2) is 22.7 Å². The molecule has 0 aliphatic carbocycles. The molecule has 0 aliphatic rings. The first-order valence-corrected chi connectivity index (χ1v) is 6.75. The van der Waals surface area contributed by atoms with E-state index in [2.05, 4.69) is 67.1 Å². The van der Waals surface area contributed by atoms with E-state index in [0.717, 1.165) is 24.9 Å². The number of hydrogen-bond donors (Lipinski definition) is 1. The van der Waals surface area contributed by atoms with Crippen molar-refractivity contribution in [3.8, 4) is 0 Å². The van der Waals surface area contributed by atoms with Gasteiger partial charge < -0.3 is 5.32 Å². The maximum atomic E-state index is 3.52. The summed E-state index contributed by atoms with van der Waals surface area (Å²) in [5.41, 5.74) is 2.66. The summed E-state index contributed by atoms with van der Waals surface area (Å²) in [6, 6.07) is 6.53. The number of halogens is 1. The van der Waals surface area contributed by atoms with Gasteiger partial charge in [-0.2, -0.15) is 0 Å². The van der Waals surface area contributed by atoms with Gasteiger partial charge in [0, 0.05) is 11.0 Å². The molecule has 0 saturated heterocycles. The first kappa shape index (κ1) is 13.7. The molecule has 1 nitrogen and oxygen atoms in total. The van der Waals surface area contributed by atoms with Crippen LogP contribution >= 0.6 is 15.9 Å². The summed E-state index contributed by atoms with van der Waals surface area (Å²) in [5, 5.41) is 3.51. The van der Waals surface area contributed by atoms with Crippen LogP contribution < -0.4 is 5.32 Å². The van der Waals surface area contributed by atoms with Crippen molar-refractivity contribution in [1.29, 1.82) is 0 Å². The van der Waals surface area contributed by atoms with E-state index in [9.17, 15) is 0 Å². The van der Waals surface area contributed by atoms with Gasteiger partial charge in [0.15, 0.2) is 0 Å². The van der Waals surface area contributed by atoms with Gasteiger partial charge >= 0.3 is 0 Å². The quantitative estimate of drug-likeness (QED) is 0.857. The number of aryl methyl sites for hydroxylation is 1. The van der Waals surface area contributed by atoms with Crippen molar-refractivity contribution in [3.05, 3.63) is 33.8 Å². The van der Waals surface area contributed by atoms with Gasteiger partial charge in [0.25, 0.3) is 0 Å². The van der Waals surface area contributed by atoms with Crippen LogP contribution in [-0.4, -0.2) is 6.54 Å². The molecule has 0 fully saturated rings. The molecule has 0 radical (unpaired) electrons. The lowest BCUT2D eigenvalue weighted by molar-refractivity contribution is 0.392. The van der Waals surface area contributed by atoms with E-state index in [1.165, 1.54) is 15.6 Å². The highest BCUT2D eigenvalue weighted by atomic mass is 79.9. The van der Waals surface area contributed by atoms with Crippen molar-refractivity contribution in [2.75, 3.05) is 6.54 Å². The molecule has 1 aromatic rings. The Morgan fingerprint density at radius 3 is 2.50 bits per heavy atom. The van der Waals surface area contributed by atoms with Gasteiger partial charge in [0.05, 0.1) is 0 Å². The Labute approximate surface area is 108 Å². The van der Waals surface area contributed by atoms with Crippen molar-refractivity contribution in [2.45, 2.75) is 34.2 Å². The lowest BCUT2D eigenvalue weighted by atomic mass is 9.98. The monoisotopic (exact) mass is 283 g/mol. The average Bonchev–Trinajstić information content (AvgIpc) is 2.23. The van der Waals surface area contributed by atoms with Crippen molar-refractivity contribution < 1.29 is 0 Å². The van der Waals surface area contributed by atoms with Crippen LogP contribution in [0.1, 0.15) is 31.9 Å². The molecule has 1 N–H and O–H groups in total. The van der Waals surface area contributed by atoms with Crippen molar-refractivity contribution >= 4 is 15.9 Å². The van der Waals surface area contributed by atoms with Crippen LogP contribution in [0.4, 0.5) is 0 Å². The Kier molecular flexibility index (Phi) is 5.50. The predicted octanol–water partition coefficient (Wildman–Crippen LogP) is 4.14. The van der Waals surface area contributed by atoms with E-state index in [1.54, 1.807) is 0 Å². The maximum absolute atomic E-state index is 3.52. The molecule has 0 aromatic heterocycles. The molecule has 1 rings (SSSR count). The average molecular weight is 284 g/mol. The van der Waals surface area contributed by atoms with Gasteiger partial charge in [-0.1, -0.05) is 48.8 Å². The lowest BCUT2D eigenvalue weighted by Gasteiger charge is -2.16. The fraction of sp³-hybridized carbons (Fsp3) is 0.571. The third-order valence-corrected chi connectivity index (χ3v) is 4.05. The topological polar surface area (TPSA) is 12.0 Å². The van der Waals surface area contributed by atoms with Crippen LogP contribution in [-0.2, 0) is 6.54 Å². The Morgan fingerprint density at radius 1 is 1.25 bits per heavy atom. The number of rotatable bonds is 5. The van der Waals surface area contributed by atoms with Crippen LogP contribution in [0.25, 0.3) is 0 Å². The SMILES string of the molecule is Cc1cc(CNCC(C)C(C)C)ccc1Br. The number of benzene rings is 1. The minimum atomic E-state index is 0.733. The Morgan fingerprint density at radius 2 is 1.94 bits per heavy atom. The van der Waals surface area contributed by atoms with Crippen molar-refractivity contribution in [1.82, 2.24) is 5.32 Å². The van der Waals surface area contributed by atoms with E-state index < -0.39 is 0 Å². The largest absolute Gasteiger partial charge is 0.312 e. The summed E-state index contributed by atoms with van der Waals surface area (Å²) in [4.78, 5) is 0. The third-order valence-electron chi connectivity index (χ3n) is 3.16. The molecule has 1 atom stereocenters. The second-order valence-electron chi connectivity index (χ2n) is 4.94. The molecule has 1 unspecified atom stereocenters. The van der Waals surface area contributed by atoms with Crippen LogP contribution in [0, 0.1) is 18.8 Å². The summed E-state index contributed by atoms with van der Waals surface area (Å²) in [5.74, 6) is 1.48. The molecule has 16 heavy (non-hydrogen) atoms. The summed E-state index contributed by atoms with van der Waals surface area (Å²) < 4.78 is 1.19.